The summed E-state index contributed by atoms with van der Waals surface area (Å²) >= 11 is 3.56. The molecule has 0 aromatic carbocycles. The van der Waals surface area contributed by atoms with E-state index < -0.39 is 0 Å². The van der Waals surface area contributed by atoms with Crippen molar-refractivity contribution in [2.45, 2.75) is 12.5 Å². The van der Waals surface area contributed by atoms with Gasteiger partial charge in [0.25, 0.3) is 0 Å². The Morgan fingerprint density at radius 2 is 2.22 bits per heavy atom. The summed E-state index contributed by atoms with van der Waals surface area (Å²) in [4.78, 5) is 5.61. The van der Waals surface area contributed by atoms with Crippen LogP contribution in [-0.2, 0) is 6.42 Å². The van der Waals surface area contributed by atoms with Crippen LogP contribution < -0.4 is 11.3 Å². The molecule has 0 fully saturated rings. The predicted molar refractivity (Wildman–Crippen MR) is 77.7 cm³/mol. The van der Waals surface area contributed by atoms with Gasteiger partial charge in [0.05, 0.1) is 6.04 Å². The maximum Gasteiger partial charge on any atom is 0.0609 e. The van der Waals surface area contributed by atoms with Gasteiger partial charge in [0.1, 0.15) is 0 Å². The highest BCUT2D eigenvalue weighted by molar-refractivity contribution is 7.26. The minimum absolute atomic E-state index is 0.129. The van der Waals surface area contributed by atoms with Crippen LogP contribution in [0.1, 0.15) is 16.6 Å². The zero-order valence-corrected chi connectivity index (χ0v) is 11.3. The van der Waals surface area contributed by atoms with Crippen molar-refractivity contribution >= 4 is 32.1 Å². The average molecular weight is 275 g/mol. The van der Waals surface area contributed by atoms with Gasteiger partial charge in [-0.3, -0.25) is 16.3 Å². The number of hydrogen-bond acceptors (Lipinski definition) is 5. The fourth-order valence-electron chi connectivity index (χ4n) is 1.93. The van der Waals surface area contributed by atoms with E-state index in [0.29, 0.717) is 0 Å². The van der Waals surface area contributed by atoms with E-state index in [4.69, 9.17) is 5.84 Å². The lowest BCUT2D eigenvalue weighted by atomic mass is 10.1. The van der Waals surface area contributed by atoms with Crippen molar-refractivity contribution in [3.05, 3.63) is 52.5 Å². The average Bonchev–Trinajstić information content (AvgIpc) is 2.98. The topological polar surface area (TPSA) is 50.9 Å². The summed E-state index contributed by atoms with van der Waals surface area (Å²) in [5.41, 5.74) is 3.95. The Balaban J connectivity index is 1.86. The molecule has 3 N–H and O–H groups in total. The van der Waals surface area contributed by atoms with E-state index in [1.54, 1.807) is 22.7 Å². The third kappa shape index (κ3) is 2.30. The van der Waals surface area contributed by atoms with Crippen molar-refractivity contribution < 1.29 is 0 Å². The number of thiophene rings is 2. The van der Waals surface area contributed by atoms with Crippen LogP contribution in [0.25, 0.3) is 9.40 Å². The Kier molecular flexibility index (Phi) is 3.38. The monoisotopic (exact) mass is 275 g/mol. The lowest BCUT2D eigenvalue weighted by Crippen LogP contribution is -2.29. The first-order valence-electron chi connectivity index (χ1n) is 5.70. The Bertz CT molecular complexity index is 601. The molecule has 3 heterocycles. The molecule has 0 bridgehead atoms. The molecule has 92 valence electrons. The van der Waals surface area contributed by atoms with Gasteiger partial charge in [0.2, 0.25) is 0 Å². The summed E-state index contributed by atoms with van der Waals surface area (Å²) in [5.74, 6) is 5.68. The fourth-order valence-corrected chi connectivity index (χ4v) is 4.11. The number of rotatable bonds is 4. The van der Waals surface area contributed by atoms with Gasteiger partial charge in [0, 0.05) is 32.6 Å². The van der Waals surface area contributed by atoms with Crippen LogP contribution in [0.4, 0.5) is 0 Å². The minimum atomic E-state index is 0.129. The van der Waals surface area contributed by atoms with Gasteiger partial charge in [-0.2, -0.15) is 0 Å². The third-order valence-electron chi connectivity index (χ3n) is 2.84. The number of aromatic nitrogens is 1. The molecule has 18 heavy (non-hydrogen) atoms. The van der Waals surface area contributed by atoms with Crippen LogP contribution in [0.3, 0.4) is 0 Å². The first kappa shape index (κ1) is 11.8. The highest BCUT2D eigenvalue weighted by Gasteiger charge is 2.14. The van der Waals surface area contributed by atoms with E-state index in [1.165, 1.54) is 14.3 Å². The number of pyridine rings is 1. The first-order chi connectivity index (χ1) is 8.86. The molecule has 1 unspecified atom stereocenters. The molecule has 3 rings (SSSR count). The molecule has 0 aliphatic rings. The van der Waals surface area contributed by atoms with Gasteiger partial charge in [0.15, 0.2) is 0 Å². The summed E-state index contributed by atoms with van der Waals surface area (Å²) in [5, 5.41) is 2.12. The second-order valence-corrected chi connectivity index (χ2v) is 6.11. The van der Waals surface area contributed by atoms with Gasteiger partial charge < -0.3 is 0 Å². The smallest absolute Gasteiger partial charge is 0.0609 e. The number of fused-ring (bicyclic) bond motifs is 1. The van der Waals surface area contributed by atoms with Crippen LogP contribution in [0.5, 0.6) is 0 Å². The number of hydrogen-bond donors (Lipinski definition) is 2. The van der Waals surface area contributed by atoms with Gasteiger partial charge >= 0.3 is 0 Å². The molecule has 0 saturated heterocycles. The summed E-state index contributed by atoms with van der Waals surface area (Å²) in [6, 6.07) is 10.5. The maximum absolute atomic E-state index is 5.68. The predicted octanol–water partition coefficient (Wildman–Crippen LogP) is 3.10. The molecule has 0 radical (unpaired) electrons. The molecule has 0 aliphatic heterocycles. The number of hydrazine groups is 1. The summed E-state index contributed by atoms with van der Waals surface area (Å²) in [6.07, 6.45) is 2.63. The Morgan fingerprint density at radius 1 is 1.28 bits per heavy atom. The molecular formula is C13H13N3S2. The molecular weight excluding hydrogens is 262 g/mol. The second kappa shape index (κ2) is 5.16. The molecule has 5 heteroatoms. The van der Waals surface area contributed by atoms with E-state index in [2.05, 4.69) is 27.9 Å². The van der Waals surface area contributed by atoms with Crippen LogP contribution in [-0.4, -0.2) is 4.98 Å². The third-order valence-corrected chi connectivity index (χ3v) is 5.05. The minimum Gasteiger partial charge on any atom is -0.271 e. The molecule has 0 saturated carbocycles. The van der Waals surface area contributed by atoms with E-state index in [9.17, 15) is 0 Å². The van der Waals surface area contributed by atoms with Crippen LogP contribution in [0.15, 0.2) is 41.9 Å². The zero-order chi connectivity index (χ0) is 12.4. The van der Waals surface area contributed by atoms with Gasteiger partial charge in [-0.05, 0) is 29.6 Å². The van der Waals surface area contributed by atoms with Crippen LogP contribution in [0.2, 0.25) is 0 Å². The number of nitrogens with one attached hydrogen (secondary N) is 1. The summed E-state index contributed by atoms with van der Waals surface area (Å²) in [6.45, 7) is 0. The van der Waals surface area contributed by atoms with Crippen molar-refractivity contribution in [1.29, 1.82) is 0 Å². The molecule has 3 aromatic rings. The van der Waals surface area contributed by atoms with E-state index in [-0.39, 0.29) is 6.04 Å². The van der Waals surface area contributed by atoms with Gasteiger partial charge in [-0.15, -0.1) is 22.7 Å². The molecule has 0 amide bonds. The van der Waals surface area contributed by atoms with Crippen LogP contribution >= 0.6 is 22.7 Å². The summed E-state index contributed by atoms with van der Waals surface area (Å²) < 4.78 is 2.66. The first-order valence-corrected chi connectivity index (χ1v) is 7.39. The zero-order valence-electron chi connectivity index (χ0n) is 9.67. The summed E-state index contributed by atoms with van der Waals surface area (Å²) in [7, 11) is 0. The number of nitrogens with two attached hydrogens (primary N) is 1. The fraction of sp³-hybridized carbons (Fsp3) is 0.154. The van der Waals surface area contributed by atoms with Crippen molar-refractivity contribution in [2.75, 3.05) is 0 Å². The Morgan fingerprint density at radius 3 is 2.94 bits per heavy atom. The highest BCUT2D eigenvalue weighted by Crippen LogP contribution is 2.34. The Labute approximate surface area is 113 Å². The number of nitrogens with zero attached hydrogens (tertiary/aromatic N) is 1. The van der Waals surface area contributed by atoms with Crippen molar-refractivity contribution in [3.63, 3.8) is 0 Å². The Hall–Kier alpha value is -1.27. The maximum atomic E-state index is 5.68. The lowest BCUT2D eigenvalue weighted by molar-refractivity contribution is 0.555. The van der Waals surface area contributed by atoms with Gasteiger partial charge in [-0.25, -0.2) is 0 Å². The lowest BCUT2D eigenvalue weighted by Gasteiger charge is -2.13. The molecule has 0 spiro atoms. The van der Waals surface area contributed by atoms with Crippen molar-refractivity contribution in [1.82, 2.24) is 10.4 Å². The molecule has 0 aliphatic carbocycles. The molecule has 1 atom stereocenters. The van der Waals surface area contributed by atoms with Crippen molar-refractivity contribution in [3.8, 4) is 0 Å². The SMILES string of the molecule is NNC(Cc1ccccn1)c1cc2sccc2s1. The largest absolute Gasteiger partial charge is 0.271 e. The van der Waals surface area contributed by atoms with E-state index in [1.807, 2.05) is 24.4 Å². The van der Waals surface area contributed by atoms with E-state index >= 15 is 0 Å². The van der Waals surface area contributed by atoms with Crippen molar-refractivity contribution in [2.24, 2.45) is 5.84 Å². The quantitative estimate of drug-likeness (QED) is 0.568. The standard InChI is InChI=1S/C13H13N3S2/c14-16-10(7-9-3-1-2-5-15-9)12-8-13-11(18-12)4-6-17-13/h1-6,8,10,16H,7,14H2. The van der Waals surface area contributed by atoms with Crippen LogP contribution in [0, 0.1) is 0 Å². The van der Waals surface area contributed by atoms with E-state index in [0.717, 1.165) is 12.1 Å². The molecule has 3 nitrogen and oxygen atoms in total. The van der Waals surface area contributed by atoms with Gasteiger partial charge in [-0.1, -0.05) is 6.07 Å². The normalized spacial score (nSPS) is 12.9. The second-order valence-electron chi connectivity index (χ2n) is 4.04. The highest BCUT2D eigenvalue weighted by atomic mass is 32.1. The molecule has 3 aromatic heterocycles.